The fraction of sp³-hybridized carbons (Fsp3) is 0.154. The van der Waals surface area contributed by atoms with Crippen molar-refractivity contribution in [1.82, 2.24) is 4.57 Å². The van der Waals surface area contributed by atoms with Crippen LogP contribution in [0.3, 0.4) is 0 Å². The summed E-state index contributed by atoms with van der Waals surface area (Å²) in [5, 5.41) is 0. The zero-order chi connectivity index (χ0) is 10.8. The Balaban J connectivity index is 2.37. The van der Waals surface area contributed by atoms with Gasteiger partial charge in [0.15, 0.2) is 0 Å². The van der Waals surface area contributed by atoms with Gasteiger partial charge in [0.2, 0.25) is 5.78 Å². The molecule has 1 aromatic heterocycles. The van der Waals surface area contributed by atoms with Gasteiger partial charge in [0.05, 0.1) is 5.69 Å². The summed E-state index contributed by atoms with van der Waals surface area (Å²) in [6, 6.07) is 11.4. The van der Waals surface area contributed by atoms with E-state index in [0.29, 0.717) is 0 Å². The summed E-state index contributed by atoms with van der Waals surface area (Å²) < 4.78 is 1.84. The third-order valence-corrected chi connectivity index (χ3v) is 2.49. The molecule has 0 N–H and O–H groups in total. The van der Waals surface area contributed by atoms with Crippen molar-refractivity contribution in [3.8, 4) is 0 Å². The number of rotatable bonds is 2. The maximum atomic E-state index is 12.0. The molecule has 2 heteroatoms. The van der Waals surface area contributed by atoms with Crippen molar-refractivity contribution in [3.63, 3.8) is 0 Å². The maximum Gasteiger partial charge on any atom is 0.209 e. The van der Waals surface area contributed by atoms with E-state index in [9.17, 15) is 4.79 Å². The standard InChI is InChI=1S/C13H13NO/c1-10-5-7-11(8-6-10)13(15)12-4-3-9-14(12)2/h3-9H,1-2H3. The molecule has 0 aliphatic heterocycles. The zero-order valence-electron chi connectivity index (χ0n) is 8.90. The normalized spacial score (nSPS) is 10.3. The highest BCUT2D eigenvalue weighted by molar-refractivity contribution is 6.07. The molecule has 2 rings (SSSR count). The Kier molecular flexibility index (Phi) is 2.42. The molecule has 0 saturated heterocycles. The van der Waals surface area contributed by atoms with Crippen LogP contribution in [0.2, 0.25) is 0 Å². The van der Waals surface area contributed by atoms with E-state index >= 15 is 0 Å². The molecule has 2 aromatic rings. The van der Waals surface area contributed by atoms with Crippen molar-refractivity contribution in [2.45, 2.75) is 6.92 Å². The molecule has 2 nitrogen and oxygen atoms in total. The van der Waals surface area contributed by atoms with Gasteiger partial charge in [0.25, 0.3) is 0 Å². The lowest BCUT2D eigenvalue weighted by Gasteiger charge is -2.02. The van der Waals surface area contributed by atoms with Crippen molar-refractivity contribution in [1.29, 1.82) is 0 Å². The van der Waals surface area contributed by atoms with Crippen molar-refractivity contribution in [2.24, 2.45) is 7.05 Å². The monoisotopic (exact) mass is 199 g/mol. The van der Waals surface area contributed by atoms with Crippen LogP contribution >= 0.6 is 0 Å². The molecule has 15 heavy (non-hydrogen) atoms. The molecule has 0 radical (unpaired) electrons. The van der Waals surface area contributed by atoms with Gasteiger partial charge in [-0.25, -0.2) is 0 Å². The SMILES string of the molecule is Cc1ccc(C(=O)c2cccn2C)cc1. The lowest BCUT2D eigenvalue weighted by Crippen LogP contribution is -2.06. The first-order valence-electron chi connectivity index (χ1n) is 4.91. The number of hydrogen-bond donors (Lipinski definition) is 0. The Morgan fingerprint density at radius 1 is 1.13 bits per heavy atom. The summed E-state index contributed by atoms with van der Waals surface area (Å²) in [5.41, 5.74) is 2.62. The Bertz CT molecular complexity index is 479. The van der Waals surface area contributed by atoms with E-state index < -0.39 is 0 Å². The van der Waals surface area contributed by atoms with Gasteiger partial charge in [-0.1, -0.05) is 29.8 Å². The number of aromatic nitrogens is 1. The minimum Gasteiger partial charge on any atom is -0.348 e. The number of carbonyl (C=O) groups is 1. The van der Waals surface area contributed by atoms with Crippen molar-refractivity contribution in [2.75, 3.05) is 0 Å². The van der Waals surface area contributed by atoms with Gasteiger partial charge < -0.3 is 4.57 Å². The number of ketones is 1. The highest BCUT2D eigenvalue weighted by Gasteiger charge is 2.10. The average molecular weight is 199 g/mol. The van der Waals surface area contributed by atoms with E-state index in [4.69, 9.17) is 0 Å². The van der Waals surface area contributed by atoms with E-state index in [-0.39, 0.29) is 5.78 Å². The van der Waals surface area contributed by atoms with E-state index in [2.05, 4.69) is 0 Å². The van der Waals surface area contributed by atoms with Gasteiger partial charge in [-0.2, -0.15) is 0 Å². The molecule has 0 amide bonds. The van der Waals surface area contributed by atoms with Crippen LogP contribution in [-0.4, -0.2) is 10.4 Å². The topological polar surface area (TPSA) is 22.0 Å². The molecule has 0 aliphatic rings. The number of hydrogen-bond acceptors (Lipinski definition) is 1. The molecule has 0 bridgehead atoms. The van der Waals surface area contributed by atoms with Gasteiger partial charge in [-0.05, 0) is 19.1 Å². The predicted octanol–water partition coefficient (Wildman–Crippen LogP) is 2.56. The fourth-order valence-corrected chi connectivity index (χ4v) is 1.55. The largest absolute Gasteiger partial charge is 0.348 e. The molecule has 0 fully saturated rings. The van der Waals surface area contributed by atoms with Crippen molar-refractivity contribution in [3.05, 3.63) is 59.4 Å². The van der Waals surface area contributed by atoms with E-state index in [0.717, 1.165) is 11.3 Å². The highest BCUT2D eigenvalue weighted by atomic mass is 16.1. The van der Waals surface area contributed by atoms with Crippen LogP contribution in [0.5, 0.6) is 0 Å². The molecule has 0 aliphatic carbocycles. The molecule has 1 aromatic carbocycles. The minimum atomic E-state index is 0.0718. The molecule has 0 unspecified atom stereocenters. The molecular formula is C13H13NO. The Labute approximate surface area is 89.2 Å². The Hall–Kier alpha value is -1.83. The first-order valence-corrected chi connectivity index (χ1v) is 4.91. The van der Waals surface area contributed by atoms with Gasteiger partial charge >= 0.3 is 0 Å². The lowest BCUT2D eigenvalue weighted by atomic mass is 10.1. The minimum absolute atomic E-state index is 0.0718. The van der Waals surface area contributed by atoms with Crippen LogP contribution in [0.25, 0.3) is 0 Å². The molecule has 0 spiro atoms. The Morgan fingerprint density at radius 2 is 1.80 bits per heavy atom. The summed E-state index contributed by atoms with van der Waals surface area (Å²) in [6.07, 6.45) is 1.88. The first-order chi connectivity index (χ1) is 7.18. The Morgan fingerprint density at radius 3 is 2.33 bits per heavy atom. The molecule has 0 saturated carbocycles. The number of nitrogens with zero attached hydrogens (tertiary/aromatic N) is 1. The summed E-state index contributed by atoms with van der Waals surface area (Å²) >= 11 is 0. The number of aryl methyl sites for hydroxylation is 2. The van der Waals surface area contributed by atoms with E-state index in [1.54, 1.807) is 0 Å². The van der Waals surface area contributed by atoms with Crippen molar-refractivity contribution < 1.29 is 4.79 Å². The van der Waals surface area contributed by atoms with Crippen LogP contribution < -0.4 is 0 Å². The van der Waals surface area contributed by atoms with Gasteiger partial charge in [0, 0.05) is 18.8 Å². The van der Waals surface area contributed by atoms with Crippen LogP contribution in [-0.2, 0) is 7.05 Å². The summed E-state index contributed by atoms with van der Waals surface area (Å²) in [7, 11) is 1.88. The summed E-state index contributed by atoms with van der Waals surface area (Å²) in [5.74, 6) is 0.0718. The third-order valence-electron chi connectivity index (χ3n) is 2.49. The number of benzene rings is 1. The van der Waals surface area contributed by atoms with Crippen LogP contribution in [0.1, 0.15) is 21.6 Å². The molecule has 1 heterocycles. The number of carbonyl (C=O) groups excluding carboxylic acids is 1. The predicted molar refractivity (Wildman–Crippen MR) is 60.0 cm³/mol. The second-order valence-electron chi connectivity index (χ2n) is 3.70. The highest BCUT2D eigenvalue weighted by Crippen LogP contribution is 2.10. The van der Waals surface area contributed by atoms with Gasteiger partial charge in [-0.3, -0.25) is 4.79 Å². The molecule has 76 valence electrons. The second kappa shape index (κ2) is 3.73. The fourth-order valence-electron chi connectivity index (χ4n) is 1.55. The third kappa shape index (κ3) is 1.84. The summed E-state index contributed by atoms with van der Waals surface area (Å²) in [4.78, 5) is 12.0. The van der Waals surface area contributed by atoms with Gasteiger partial charge in [0.1, 0.15) is 0 Å². The first kappa shape index (κ1) is 9.71. The van der Waals surface area contributed by atoms with Crippen LogP contribution in [0.4, 0.5) is 0 Å². The van der Waals surface area contributed by atoms with E-state index in [1.807, 2.05) is 61.1 Å². The quantitative estimate of drug-likeness (QED) is 0.681. The van der Waals surface area contributed by atoms with Crippen LogP contribution in [0, 0.1) is 6.92 Å². The average Bonchev–Trinajstić information content (AvgIpc) is 2.65. The summed E-state index contributed by atoms with van der Waals surface area (Å²) in [6.45, 7) is 2.01. The van der Waals surface area contributed by atoms with Crippen molar-refractivity contribution >= 4 is 5.78 Å². The lowest BCUT2D eigenvalue weighted by molar-refractivity contribution is 0.103. The molecular weight excluding hydrogens is 186 g/mol. The van der Waals surface area contributed by atoms with Crippen LogP contribution in [0.15, 0.2) is 42.6 Å². The zero-order valence-corrected chi connectivity index (χ0v) is 8.90. The smallest absolute Gasteiger partial charge is 0.209 e. The van der Waals surface area contributed by atoms with E-state index in [1.165, 1.54) is 5.56 Å². The van der Waals surface area contributed by atoms with Gasteiger partial charge in [-0.15, -0.1) is 0 Å². The second-order valence-corrected chi connectivity index (χ2v) is 3.70. The molecule has 0 atom stereocenters. The maximum absolute atomic E-state index is 12.0.